The Balaban J connectivity index is 0.000000963. The Hall–Kier alpha value is -1.35. The third kappa shape index (κ3) is 1.52. The molecular formula is C12H11FeN3. The van der Waals surface area contributed by atoms with Crippen LogP contribution in [0, 0.1) is 0 Å². The van der Waals surface area contributed by atoms with Crippen molar-refractivity contribution in [2.24, 2.45) is 10.7 Å². The molecule has 3 aliphatic rings. The maximum atomic E-state index is 6.23. The molecule has 0 spiro atoms. The van der Waals surface area contributed by atoms with Gasteiger partial charge in [-0.3, -0.25) is 4.99 Å². The van der Waals surface area contributed by atoms with Crippen LogP contribution >= 0.6 is 0 Å². The third-order valence-electron chi connectivity index (χ3n) is 2.74. The van der Waals surface area contributed by atoms with Crippen LogP contribution < -0.4 is 11.1 Å². The smallest absolute Gasteiger partial charge is 0.0983 e. The van der Waals surface area contributed by atoms with Gasteiger partial charge in [0.05, 0.1) is 16.9 Å². The van der Waals surface area contributed by atoms with Gasteiger partial charge in [-0.25, -0.2) is 0 Å². The summed E-state index contributed by atoms with van der Waals surface area (Å²) >= 11 is 0. The Morgan fingerprint density at radius 2 is 2.12 bits per heavy atom. The molecule has 0 saturated heterocycles. The summed E-state index contributed by atoms with van der Waals surface area (Å²) in [6.07, 6.45) is 15.5. The fourth-order valence-corrected chi connectivity index (χ4v) is 1.95. The first-order valence-electron chi connectivity index (χ1n) is 4.88. The number of nitrogens with two attached hydrogens (primary N) is 1. The molecule has 1 aliphatic carbocycles. The van der Waals surface area contributed by atoms with Crippen LogP contribution in [-0.4, -0.2) is 11.8 Å². The molecule has 2 heterocycles. The molecule has 1 unspecified atom stereocenters. The van der Waals surface area contributed by atoms with Crippen LogP contribution in [0.5, 0.6) is 0 Å². The van der Waals surface area contributed by atoms with E-state index in [-0.39, 0.29) is 17.1 Å². The van der Waals surface area contributed by atoms with Crippen LogP contribution in [0.1, 0.15) is 0 Å². The predicted molar refractivity (Wildman–Crippen MR) is 61.1 cm³/mol. The molecule has 0 fully saturated rings. The second kappa shape index (κ2) is 3.90. The van der Waals surface area contributed by atoms with Crippen LogP contribution in [0.15, 0.2) is 64.6 Å². The molecule has 0 aromatic carbocycles. The molecule has 1 atom stereocenters. The Morgan fingerprint density at radius 1 is 1.25 bits per heavy atom. The van der Waals surface area contributed by atoms with Gasteiger partial charge in [0.1, 0.15) is 0 Å². The standard InChI is InChI=1S/C12H11N3.Fe/c13-12-5-2-8-15-11(12)10-9(4-6-12)3-1-7-14-10;/h1-8,14H,13H2;. The summed E-state index contributed by atoms with van der Waals surface area (Å²) in [6, 6.07) is 0. The first kappa shape index (κ1) is 11.1. The molecule has 3 nitrogen and oxygen atoms in total. The number of aliphatic imine (C=N–C) groups is 1. The summed E-state index contributed by atoms with van der Waals surface area (Å²) in [4.78, 5) is 4.36. The summed E-state index contributed by atoms with van der Waals surface area (Å²) < 4.78 is 0. The Bertz CT molecular complexity index is 494. The molecule has 3 rings (SSSR count). The molecule has 0 aromatic heterocycles. The van der Waals surface area contributed by atoms with Gasteiger partial charge in [-0.2, -0.15) is 0 Å². The van der Waals surface area contributed by atoms with Gasteiger partial charge in [-0.15, -0.1) is 0 Å². The second-order valence-electron chi connectivity index (χ2n) is 3.75. The summed E-state index contributed by atoms with van der Waals surface area (Å²) in [6.45, 7) is 0. The molecule has 2 aliphatic heterocycles. The molecular weight excluding hydrogens is 242 g/mol. The van der Waals surface area contributed by atoms with Gasteiger partial charge in [0.15, 0.2) is 0 Å². The second-order valence-corrected chi connectivity index (χ2v) is 3.75. The van der Waals surface area contributed by atoms with E-state index in [1.165, 1.54) is 0 Å². The number of fused-ring (bicyclic) bond motifs is 2. The maximum Gasteiger partial charge on any atom is 0.0983 e. The number of hydrogen-bond donors (Lipinski definition) is 2. The van der Waals surface area contributed by atoms with Crippen LogP contribution in [0.25, 0.3) is 0 Å². The minimum atomic E-state index is -0.556. The van der Waals surface area contributed by atoms with E-state index in [1.54, 1.807) is 6.21 Å². The number of nitrogens with zero attached hydrogens (tertiary/aromatic N) is 1. The van der Waals surface area contributed by atoms with Gasteiger partial charge in [0.2, 0.25) is 0 Å². The SMILES string of the molecule is NC12C=CC=NC1=C1NC=CC=C1C=C2.[Fe]. The Kier molecular flexibility index (Phi) is 2.72. The van der Waals surface area contributed by atoms with E-state index < -0.39 is 5.54 Å². The first-order valence-corrected chi connectivity index (χ1v) is 4.88. The van der Waals surface area contributed by atoms with Gasteiger partial charge < -0.3 is 11.1 Å². The van der Waals surface area contributed by atoms with E-state index >= 15 is 0 Å². The summed E-state index contributed by atoms with van der Waals surface area (Å²) in [5.74, 6) is 0. The number of rotatable bonds is 0. The van der Waals surface area contributed by atoms with Crippen molar-refractivity contribution in [2.45, 2.75) is 5.54 Å². The zero-order valence-corrected chi connectivity index (χ0v) is 9.60. The molecule has 0 aromatic rings. The van der Waals surface area contributed by atoms with E-state index in [0.717, 1.165) is 17.0 Å². The van der Waals surface area contributed by atoms with Crippen LogP contribution in [0.3, 0.4) is 0 Å². The largest absolute Gasteiger partial charge is 0.360 e. The van der Waals surface area contributed by atoms with Crippen molar-refractivity contribution < 1.29 is 17.1 Å². The van der Waals surface area contributed by atoms with Crippen molar-refractivity contribution in [3.8, 4) is 0 Å². The van der Waals surface area contributed by atoms with Crippen LogP contribution in [0.2, 0.25) is 0 Å². The van der Waals surface area contributed by atoms with Gasteiger partial charge >= 0.3 is 0 Å². The molecule has 16 heavy (non-hydrogen) atoms. The molecule has 0 amide bonds. The average Bonchev–Trinajstić information content (AvgIpc) is 2.28. The van der Waals surface area contributed by atoms with Gasteiger partial charge in [-0.05, 0) is 17.7 Å². The number of nitrogens with one attached hydrogen (secondary N) is 1. The van der Waals surface area contributed by atoms with Gasteiger partial charge in [0, 0.05) is 29.5 Å². The fraction of sp³-hybridized carbons (Fsp3) is 0.0833. The molecule has 0 saturated carbocycles. The van der Waals surface area contributed by atoms with Crippen molar-refractivity contribution in [3.63, 3.8) is 0 Å². The van der Waals surface area contributed by atoms with Crippen molar-refractivity contribution in [3.05, 3.63) is 59.6 Å². The summed E-state index contributed by atoms with van der Waals surface area (Å²) in [7, 11) is 0. The van der Waals surface area contributed by atoms with Gasteiger partial charge in [-0.1, -0.05) is 24.3 Å². The summed E-state index contributed by atoms with van der Waals surface area (Å²) in [5.41, 5.74) is 8.69. The Labute approximate surface area is 105 Å². The molecule has 0 radical (unpaired) electrons. The number of dihydropyridines is 2. The van der Waals surface area contributed by atoms with E-state index in [0.29, 0.717) is 0 Å². The normalized spacial score (nSPS) is 28.9. The van der Waals surface area contributed by atoms with Crippen molar-refractivity contribution in [1.29, 1.82) is 0 Å². The van der Waals surface area contributed by atoms with E-state index in [9.17, 15) is 0 Å². The summed E-state index contributed by atoms with van der Waals surface area (Å²) in [5, 5.41) is 3.20. The maximum absolute atomic E-state index is 6.23. The topological polar surface area (TPSA) is 50.4 Å². The molecule has 82 valence electrons. The molecule has 4 heteroatoms. The minimum Gasteiger partial charge on any atom is -0.360 e. The number of allylic oxidation sites excluding steroid dienone is 4. The van der Waals surface area contributed by atoms with Crippen LogP contribution in [-0.2, 0) is 17.1 Å². The van der Waals surface area contributed by atoms with Crippen molar-refractivity contribution in [2.75, 3.05) is 0 Å². The third-order valence-corrected chi connectivity index (χ3v) is 2.74. The zero-order chi connectivity index (χ0) is 10.3. The van der Waals surface area contributed by atoms with E-state index in [4.69, 9.17) is 5.73 Å². The Morgan fingerprint density at radius 3 is 3.00 bits per heavy atom. The first-order chi connectivity index (χ1) is 7.30. The molecule has 0 bridgehead atoms. The van der Waals surface area contributed by atoms with Crippen molar-refractivity contribution >= 4 is 6.21 Å². The van der Waals surface area contributed by atoms with Crippen molar-refractivity contribution in [1.82, 2.24) is 5.32 Å². The molecule has 3 N–H and O–H groups in total. The zero-order valence-electron chi connectivity index (χ0n) is 8.50. The van der Waals surface area contributed by atoms with E-state index in [1.807, 2.05) is 42.7 Å². The predicted octanol–water partition coefficient (Wildman–Crippen LogP) is 1.15. The monoisotopic (exact) mass is 253 g/mol. The van der Waals surface area contributed by atoms with E-state index in [2.05, 4.69) is 10.3 Å². The van der Waals surface area contributed by atoms with Crippen LogP contribution in [0.4, 0.5) is 0 Å². The quantitative estimate of drug-likeness (QED) is 0.636. The van der Waals surface area contributed by atoms with Gasteiger partial charge in [0.25, 0.3) is 0 Å². The fourth-order valence-electron chi connectivity index (χ4n) is 1.95. The average molecular weight is 253 g/mol. The number of hydrogen-bond acceptors (Lipinski definition) is 3. The minimum absolute atomic E-state index is 0.